The van der Waals surface area contributed by atoms with Crippen molar-refractivity contribution in [1.29, 1.82) is 0 Å². The molecule has 0 atom stereocenters. The van der Waals surface area contributed by atoms with Crippen molar-refractivity contribution in [1.82, 2.24) is 14.5 Å². The van der Waals surface area contributed by atoms with E-state index in [-0.39, 0.29) is 23.8 Å². The number of nitrogens with one attached hydrogen (secondary N) is 1. The molecule has 110 valence electrons. The Bertz CT molecular complexity index is 698. The van der Waals surface area contributed by atoms with Crippen LogP contribution in [0.5, 0.6) is 0 Å². The van der Waals surface area contributed by atoms with Gasteiger partial charge in [-0.15, -0.1) is 12.4 Å². The van der Waals surface area contributed by atoms with E-state index in [0.717, 1.165) is 5.56 Å². The van der Waals surface area contributed by atoms with Crippen LogP contribution in [0.4, 0.5) is 0 Å². The molecule has 2 rings (SSSR count). The zero-order valence-electron chi connectivity index (χ0n) is 11.0. The van der Waals surface area contributed by atoms with Gasteiger partial charge in [0.15, 0.2) is 0 Å². The van der Waals surface area contributed by atoms with Gasteiger partial charge in [0.1, 0.15) is 4.90 Å². The summed E-state index contributed by atoms with van der Waals surface area (Å²) in [6.07, 6.45) is 1.48. The fraction of sp³-hybridized carbons (Fsp3) is 0.250. The number of aromatic nitrogens is 2. The molecule has 1 aromatic heterocycles. The van der Waals surface area contributed by atoms with Crippen molar-refractivity contribution in [2.75, 3.05) is 0 Å². The fourth-order valence-electron chi connectivity index (χ4n) is 1.73. The van der Waals surface area contributed by atoms with Crippen LogP contribution in [0.2, 0.25) is 5.02 Å². The largest absolute Gasteiger partial charge is 0.274 e. The van der Waals surface area contributed by atoms with Crippen LogP contribution >= 0.6 is 24.0 Å². The van der Waals surface area contributed by atoms with E-state index >= 15 is 0 Å². The van der Waals surface area contributed by atoms with E-state index in [0.29, 0.717) is 10.7 Å². The van der Waals surface area contributed by atoms with Gasteiger partial charge in [0, 0.05) is 24.8 Å². The van der Waals surface area contributed by atoms with E-state index < -0.39 is 10.0 Å². The normalized spacial score (nSPS) is 11.2. The third kappa shape index (κ3) is 3.73. The topological polar surface area (TPSA) is 64.0 Å². The first-order valence-corrected chi connectivity index (χ1v) is 7.49. The van der Waals surface area contributed by atoms with Gasteiger partial charge in [-0.1, -0.05) is 29.8 Å². The van der Waals surface area contributed by atoms with Gasteiger partial charge in [0.25, 0.3) is 0 Å². The van der Waals surface area contributed by atoms with Crippen molar-refractivity contribution in [2.24, 2.45) is 7.05 Å². The minimum Gasteiger partial charge on any atom is -0.274 e. The van der Waals surface area contributed by atoms with Crippen LogP contribution in [0.15, 0.2) is 35.4 Å². The molecule has 0 unspecified atom stereocenters. The van der Waals surface area contributed by atoms with E-state index in [1.165, 1.54) is 10.9 Å². The number of sulfonamides is 1. The molecule has 1 aromatic carbocycles. The Labute approximate surface area is 129 Å². The molecule has 0 spiro atoms. The van der Waals surface area contributed by atoms with E-state index in [9.17, 15) is 8.42 Å². The van der Waals surface area contributed by atoms with E-state index in [2.05, 4.69) is 9.82 Å². The van der Waals surface area contributed by atoms with Crippen LogP contribution in [0.25, 0.3) is 0 Å². The summed E-state index contributed by atoms with van der Waals surface area (Å²) in [5.74, 6) is 0. The molecule has 0 saturated carbocycles. The van der Waals surface area contributed by atoms with Crippen molar-refractivity contribution in [3.8, 4) is 0 Å². The van der Waals surface area contributed by atoms with Gasteiger partial charge in [-0.05, 0) is 18.6 Å². The first kappa shape index (κ1) is 17.0. The molecule has 8 heteroatoms. The van der Waals surface area contributed by atoms with Gasteiger partial charge in [-0.3, -0.25) is 4.68 Å². The van der Waals surface area contributed by atoms with Crippen LogP contribution in [-0.4, -0.2) is 18.2 Å². The highest BCUT2D eigenvalue weighted by Gasteiger charge is 2.19. The molecule has 5 nitrogen and oxygen atoms in total. The predicted molar refractivity (Wildman–Crippen MR) is 80.7 cm³/mol. The average molecular weight is 336 g/mol. The Kier molecular flexibility index (Phi) is 5.59. The monoisotopic (exact) mass is 335 g/mol. The summed E-state index contributed by atoms with van der Waals surface area (Å²) in [5.41, 5.74) is 1.20. The van der Waals surface area contributed by atoms with Gasteiger partial charge in [0.05, 0.1) is 5.69 Å². The lowest BCUT2D eigenvalue weighted by Crippen LogP contribution is -2.23. The summed E-state index contributed by atoms with van der Waals surface area (Å²) in [5, 5.41) is 4.56. The lowest BCUT2D eigenvalue weighted by atomic mass is 10.2. The van der Waals surface area contributed by atoms with E-state index in [4.69, 9.17) is 11.6 Å². The summed E-state index contributed by atoms with van der Waals surface area (Å²) in [6.45, 7) is 1.81. The Morgan fingerprint density at radius 3 is 2.55 bits per heavy atom. The second-order valence-corrected chi connectivity index (χ2v) is 6.31. The standard InChI is InChI=1S/C12H14ClN3O2S.ClH/c1-9-12(8-16(2)15-9)19(17,18)14-7-10-5-3-4-6-11(10)13;/h3-6,8,14H,7H2,1-2H3;1H. The molecule has 2 aromatic rings. The van der Waals surface area contributed by atoms with Crippen molar-refractivity contribution in [3.05, 3.63) is 46.7 Å². The smallest absolute Gasteiger partial charge is 0.244 e. The molecule has 0 aliphatic carbocycles. The summed E-state index contributed by atoms with van der Waals surface area (Å²) in [7, 11) is -1.90. The Morgan fingerprint density at radius 2 is 2.00 bits per heavy atom. The summed E-state index contributed by atoms with van der Waals surface area (Å²) in [4.78, 5) is 0.182. The Hall–Kier alpha value is -1.08. The molecular formula is C12H15Cl2N3O2S. The molecule has 0 saturated heterocycles. The van der Waals surface area contributed by atoms with Crippen LogP contribution < -0.4 is 4.72 Å². The van der Waals surface area contributed by atoms with Crippen LogP contribution in [-0.2, 0) is 23.6 Å². The minimum absolute atomic E-state index is 0. The quantitative estimate of drug-likeness (QED) is 0.932. The fourth-order valence-corrected chi connectivity index (χ4v) is 3.16. The number of rotatable bonds is 4. The van der Waals surface area contributed by atoms with Gasteiger partial charge in [-0.25, -0.2) is 13.1 Å². The van der Waals surface area contributed by atoms with Crippen molar-refractivity contribution in [3.63, 3.8) is 0 Å². The molecule has 1 heterocycles. The molecule has 0 fully saturated rings. The minimum atomic E-state index is -3.58. The van der Waals surface area contributed by atoms with E-state index in [1.54, 1.807) is 32.2 Å². The number of aryl methyl sites for hydroxylation is 2. The lowest BCUT2D eigenvalue weighted by Gasteiger charge is -2.07. The Morgan fingerprint density at radius 1 is 1.35 bits per heavy atom. The molecular weight excluding hydrogens is 321 g/mol. The number of nitrogens with zero attached hydrogens (tertiary/aromatic N) is 2. The second kappa shape index (κ2) is 6.58. The van der Waals surface area contributed by atoms with E-state index in [1.807, 2.05) is 6.07 Å². The average Bonchev–Trinajstić information content (AvgIpc) is 2.68. The second-order valence-electron chi connectivity index (χ2n) is 4.17. The maximum atomic E-state index is 12.1. The highest BCUT2D eigenvalue weighted by molar-refractivity contribution is 7.89. The maximum Gasteiger partial charge on any atom is 0.244 e. The predicted octanol–water partition coefficient (Wildman–Crippen LogP) is 2.28. The van der Waals surface area contributed by atoms with Gasteiger partial charge in [0.2, 0.25) is 10.0 Å². The highest BCUT2D eigenvalue weighted by atomic mass is 35.5. The molecule has 0 amide bonds. The molecule has 20 heavy (non-hydrogen) atoms. The molecule has 0 bridgehead atoms. The third-order valence-electron chi connectivity index (χ3n) is 2.67. The van der Waals surface area contributed by atoms with Crippen LogP contribution in [0.3, 0.4) is 0 Å². The van der Waals surface area contributed by atoms with Crippen molar-refractivity contribution < 1.29 is 8.42 Å². The molecule has 0 aliphatic heterocycles. The van der Waals surface area contributed by atoms with Crippen molar-refractivity contribution in [2.45, 2.75) is 18.4 Å². The number of benzene rings is 1. The first-order valence-electron chi connectivity index (χ1n) is 5.63. The molecule has 1 N–H and O–H groups in total. The van der Waals surface area contributed by atoms with Gasteiger partial charge >= 0.3 is 0 Å². The summed E-state index contributed by atoms with van der Waals surface area (Å²) < 4.78 is 28.3. The zero-order valence-corrected chi connectivity index (χ0v) is 13.4. The maximum absolute atomic E-state index is 12.1. The highest BCUT2D eigenvalue weighted by Crippen LogP contribution is 2.17. The summed E-state index contributed by atoms with van der Waals surface area (Å²) >= 11 is 5.98. The first-order chi connectivity index (χ1) is 8.90. The van der Waals surface area contributed by atoms with Crippen LogP contribution in [0, 0.1) is 6.92 Å². The zero-order chi connectivity index (χ0) is 14.0. The Balaban J connectivity index is 0.00000200. The number of halogens is 2. The van der Waals surface area contributed by atoms with Crippen molar-refractivity contribution >= 4 is 34.0 Å². The van der Waals surface area contributed by atoms with Crippen LogP contribution in [0.1, 0.15) is 11.3 Å². The number of hydrogen-bond donors (Lipinski definition) is 1. The molecule has 0 aliphatic rings. The molecule has 0 radical (unpaired) electrons. The third-order valence-corrected chi connectivity index (χ3v) is 4.54. The lowest BCUT2D eigenvalue weighted by molar-refractivity contribution is 0.580. The van der Waals surface area contributed by atoms with Gasteiger partial charge < -0.3 is 0 Å². The summed E-state index contributed by atoms with van der Waals surface area (Å²) in [6, 6.07) is 7.11. The van der Waals surface area contributed by atoms with Gasteiger partial charge in [-0.2, -0.15) is 5.10 Å². The number of hydrogen-bond acceptors (Lipinski definition) is 3. The SMILES string of the molecule is Cc1nn(C)cc1S(=O)(=O)NCc1ccccc1Cl.Cl.